The number of rotatable bonds is 3. The molecule has 0 saturated carbocycles. The average Bonchev–Trinajstić information content (AvgIpc) is 2.88. The molecule has 1 aromatic rings. The van der Waals surface area contributed by atoms with E-state index in [1.165, 1.54) is 16.9 Å². The number of methoxy groups -OCH3 is 1. The van der Waals surface area contributed by atoms with Crippen LogP contribution in [0.1, 0.15) is 29.6 Å². The number of ether oxygens (including phenoxy) is 1. The molecular formula is C18H20F2N2O5. The molecular weight excluding hydrogens is 362 g/mol. The summed E-state index contributed by atoms with van der Waals surface area (Å²) in [6.07, 6.45) is 0.370. The van der Waals surface area contributed by atoms with Gasteiger partial charge in [-0.15, -0.1) is 0 Å². The Kier molecular flexibility index (Phi) is 4.79. The Hall–Kier alpha value is -2.71. The quantitative estimate of drug-likeness (QED) is 0.856. The Morgan fingerprint density at radius 2 is 1.89 bits per heavy atom. The Morgan fingerprint density at radius 1 is 1.26 bits per heavy atom. The van der Waals surface area contributed by atoms with Crippen molar-refractivity contribution in [2.24, 2.45) is 5.92 Å². The molecule has 146 valence electrons. The molecule has 2 fully saturated rings. The molecule has 0 aromatic heterocycles. The Morgan fingerprint density at radius 3 is 2.44 bits per heavy atom. The van der Waals surface area contributed by atoms with Gasteiger partial charge in [0.2, 0.25) is 5.91 Å². The minimum Gasteiger partial charge on any atom is -0.494 e. The van der Waals surface area contributed by atoms with E-state index >= 15 is 0 Å². The van der Waals surface area contributed by atoms with Crippen molar-refractivity contribution < 1.29 is 33.0 Å². The van der Waals surface area contributed by atoms with Gasteiger partial charge >= 0.3 is 5.97 Å². The van der Waals surface area contributed by atoms with E-state index in [1.807, 2.05) is 0 Å². The lowest BCUT2D eigenvalue weighted by atomic mass is 9.77. The van der Waals surface area contributed by atoms with Crippen LogP contribution >= 0.6 is 0 Å². The zero-order chi connectivity index (χ0) is 19.9. The summed E-state index contributed by atoms with van der Waals surface area (Å²) in [4.78, 5) is 39.0. The third-order valence-electron chi connectivity index (χ3n) is 5.77. The number of piperidine rings is 1. The van der Waals surface area contributed by atoms with Crippen LogP contribution in [0, 0.1) is 17.6 Å². The number of carbonyl (C=O) groups is 3. The first-order valence-corrected chi connectivity index (χ1v) is 8.53. The predicted molar refractivity (Wildman–Crippen MR) is 89.3 cm³/mol. The number of nitrogens with zero attached hydrogens (tertiary/aromatic N) is 2. The van der Waals surface area contributed by atoms with E-state index in [2.05, 4.69) is 0 Å². The van der Waals surface area contributed by atoms with Crippen molar-refractivity contribution in [1.82, 2.24) is 9.80 Å². The molecule has 3 rings (SSSR count). The van der Waals surface area contributed by atoms with Crippen LogP contribution in [0.4, 0.5) is 8.78 Å². The number of halogens is 2. The summed E-state index contributed by atoms with van der Waals surface area (Å²) in [5, 5.41) is 9.48. The zero-order valence-electron chi connectivity index (χ0n) is 15.0. The van der Waals surface area contributed by atoms with Crippen molar-refractivity contribution in [2.45, 2.75) is 24.8 Å². The molecule has 2 aliphatic heterocycles. The first-order chi connectivity index (χ1) is 12.7. The summed E-state index contributed by atoms with van der Waals surface area (Å²) in [5.41, 5.74) is -1.58. The van der Waals surface area contributed by atoms with Gasteiger partial charge in [0.25, 0.3) is 5.91 Å². The molecule has 1 aromatic carbocycles. The fourth-order valence-electron chi connectivity index (χ4n) is 4.13. The number of hydrogen-bond acceptors (Lipinski definition) is 4. The van der Waals surface area contributed by atoms with E-state index in [1.54, 1.807) is 7.05 Å². The second kappa shape index (κ2) is 6.79. The van der Waals surface area contributed by atoms with Crippen molar-refractivity contribution >= 4 is 17.8 Å². The van der Waals surface area contributed by atoms with Crippen LogP contribution < -0.4 is 4.74 Å². The van der Waals surface area contributed by atoms with Crippen molar-refractivity contribution in [2.75, 3.05) is 27.2 Å². The number of benzene rings is 1. The van der Waals surface area contributed by atoms with E-state index in [4.69, 9.17) is 4.74 Å². The van der Waals surface area contributed by atoms with E-state index < -0.39 is 40.5 Å². The highest BCUT2D eigenvalue weighted by Gasteiger charge is 2.55. The summed E-state index contributed by atoms with van der Waals surface area (Å²) < 4.78 is 33.2. The molecule has 1 N–H and O–H groups in total. The number of carboxylic acids is 1. The smallest absolute Gasteiger partial charge is 0.309 e. The molecule has 1 spiro atoms. The highest BCUT2D eigenvalue weighted by atomic mass is 19.1. The minimum absolute atomic E-state index is 0.0844. The first-order valence-electron chi connectivity index (χ1n) is 8.53. The van der Waals surface area contributed by atoms with Crippen LogP contribution in [0.15, 0.2) is 12.1 Å². The van der Waals surface area contributed by atoms with Gasteiger partial charge < -0.3 is 19.6 Å². The average molecular weight is 382 g/mol. The van der Waals surface area contributed by atoms with Gasteiger partial charge in [0.05, 0.1) is 18.6 Å². The fraction of sp³-hybridized carbons (Fsp3) is 0.500. The van der Waals surface area contributed by atoms with Crippen molar-refractivity contribution in [3.63, 3.8) is 0 Å². The van der Waals surface area contributed by atoms with Gasteiger partial charge in [-0.1, -0.05) is 0 Å². The highest BCUT2D eigenvalue weighted by molar-refractivity contribution is 5.95. The van der Waals surface area contributed by atoms with Gasteiger partial charge in [0, 0.05) is 26.6 Å². The maximum absolute atomic E-state index is 14.4. The van der Waals surface area contributed by atoms with E-state index in [9.17, 15) is 28.3 Å². The molecule has 0 aliphatic carbocycles. The maximum Gasteiger partial charge on any atom is 0.309 e. The normalized spacial score (nSPS) is 21.6. The monoisotopic (exact) mass is 382 g/mol. The van der Waals surface area contributed by atoms with Gasteiger partial charge in [-0.25, -0.2) is 8.78 Å². The van der Waals surface area contributed by atoms with Crippen LogP contribution in [0.3, 0.4) is 0 Å². The lowest BCUT2D eigenvalue weighted by Gasteiger charge is -2.45. The number of likely N-dealkylation sites (tertiary alicyclic amines) is 2. The van der Waals surface area contributed by atoms with E-state index in [0.29, 0.717) is 0 Å². The second-order valence-electron chi connectivity index (χ2n) is 6.88. The molecule has 0 unspecified atom stereocenters. The van der Waals surface area contributed by atoms with Crippen LogP contribution in [-0.4, -0.2) is 65.5 Å². The molecule has 7 nitrogen and oxygen atoms in total. The summed E-state index contributed by atoms with van der Waals surface area (Å²) in [5.74, 6) is -5.30. The zero-order valence-corrected chi connectivity index (χ0v) is 15.0. The molecule has 9 heteroatoms. The predicted octanol–water partition coefficient (Wildman–Crippen LogP) is 1.51. The topological polar surface area (TPSA) is 87.1 Å². The molecule has 2 aliphatic rings. The first kappa shape index (κ1) is 19.1. The molecule has 1 atom stereocenters. The third kappa shape index (κ3) is 2.90. The van der Waals surface area contributed by atoms with Crippen LogP contribution in [0.2, 0.25) is 0 Å². The van der Waals surface area contributed by atoms with E-state index in [-0.39, 0.29) is 44.0 Å². The van der Waals surface area contributed by atoms with Gasteiger partial charge in [0.1, 0.15) is 11.4 Å². The van der Waals surface area contributed by atoms with Crippen LogP contribution in [0.5, 0.6) is 5.75 Å². The number of carbonyl (C=O) groups excluding carboxylic acids is 2. The van der Waals surface area contributed by atoms with Crippen molar-refractivity contribution in [1.29, 1.82) is 0 Å². The summed E-state index contributed by atoms with van der Waals surface area (Å²) in [6, 6.07) is 2.06. The summed E-state index contributed by atoms with van der Waals surface area (Å²) >= 11 is 0. The Bertz CT molecular complexity index is 805. The summed E-state index contributed by atoms with van der Waals surface area (Å²) in [7, 11) is 2.78. The molecule has 27 heavy (non-hydrogen) atoms. The number of aliphatic carboxylic acids is 1. The minimum atomic E-state index is -1.07. The Labute approximate surface area is 154 Å². The highest BCUT2D eigenvalue weighted by Crippen LogP contribution is 2.43. The van der Waals surface area contributed by atoms with E-state index in [0.717, 1.165) is 12.1 Å². The molecule has 0 bridgehead atoms. The molecule has 2 saturated heterocycles. The van der Waals surface area contributed by atoms with Gasteiger partial charge in [0.15, 0.2) is 11.6 Å². The number of carboxylic acid groups (broad SMARTS) is 1. The maximum atomic E-state index is 14.4. The third-order valence-corrected chi connectivity index (χ3v) is 5.77. The van der Waals surface area contributed by atoms with Gasteiger partial charge in [-0.2, -0.15) is 0 Å². The van der Waals surface area contributed by atoms with Gasteiger partial charge in [-0.05, 0) is 25.0 Å². The molecule has 2 amide bonds. The largest absolute Gasteiger partial charge is 0.494 e. The van der Waals surface area contributed by atoms with Crippen LogP contribution in [0.25, 0.3) is 0 Å². The number of amides is 2. The van der Waals surface area contributed by atoms with Crippen molar-refractivity contribution in [3.05, 3.63) is 29.3 Å². The standard InChI is InChI=1S/C18H20F2N2O5/c1-21-13(23)9-10(17(25)26)18(21)5-7-22(8-6-18)16(24)14-11(19)3-4-12(27-2)15(14)20/h3-4,10H,5-9H2,1-2H3,(H,25,26)/t10-/m1/s1. The summed E-state index contributed by atoms with van der Waals surface area (Å²) in [6.45, 7) is 0.187. The lowest BCUT2D eigenvalue weighted by molar-refractivity contribution is -0.145. The Balaban J connectivity index is 1.83. The fourth-order valence-corrected chi connectivity index (χ4v) is 4.13. The van der Waals surface area contributed by atoms with Crippen LogP contribution in [-0.2, 0) is 9.59 Å². The second-order valence-corrected chi connectivity index (χ2v) is 6.88. The molecule has 0 radical (unpaired) electrons. The van der Waals surface area contributed by atoms with Crippen molar-refractivity contribution in [3.8, 4) is 5.75 Å². The SMILES string of the molecule is COc1ccc(F)c(C(=O)N2CCC3(CC2)[C@@H](C(=O)O)CC(=O)N3C)c1F. The van der Waals surface area contributed by atoms with Gasteiger partial charge in [-0.3, -0.25) is 14.4 Å². The lowest BCUT2D eigenvalue weighted by Crippen LogP contribution is -2.57. The number of hydrogen-bond donors (Lipinski definition) is 1. The molecule has 2 heterocycles.